The lowest BCUT2D eigenvalue weighted by molar-refractivity contribution is 0.0906. The number of tetrazole rings is 1. The molecule has 7 nitrogen and oxygen atoms in total. The first kappa shape index (κ1) is 22.0. The summed E-state index contributed by atoms with van der Waals surface area (Å²) in [5.74, 6) is 0.912. The van der Waals surface area contributed by atoms with E-state index in [1.807, 2.05) is 4.68 Å². The molecule has 2 atom stereocenters. The zero-order chi connectivity index (χ0) is 22.8. The molecular weight excluding hydrogens is 412 g/mol. The van der Waals surface area contributed by atoms with Crippen molar-refractivity contribution >= 4 is 5.69 Å². The molecule has 2 unspecified atom stereocenters. The molecule has 3 heterocycles. The summed E-state index contributed by atoms with van der Waals surface area (Å²) in [6.07, 6.45) is 2.39. The Kier molecular flexibility index (Phi) is 6.42. The predicted molar refractivity (Wildman–Crippen MR) is 130 cm³/mol. The molecule has 7 heteroatoms. The second kappa shape index (κ2) is 9.61. The minimum absolute atomic E-state index is 0.0303. The Bertz CT molecular complexity index is 1060. The Labute approximate surface area is 196 Å². The van der Waals surface area contributed by atoms with E-state index >= 15 is 0 Å². The average molecular weight is 447 g/mol. The van der Waals surface area contributed by atoms with Crippen LogP contribution < -0.4 is 4.90 Å². The molecule has 2 fully saturated rings. The van der Waals surface area contributed by atoms with Crippen molar-refractivity contribution in [3.63, 3.8) is 0 Å². The summed E-state index contributed by atoms with van der Waals surface area (Å²) in [7, 11) is 0. The third-order valence-electron chi connectivity index (χ3n) is 6.98. The molecule has 5 rings (SSSR count). The molecule has 0 spiro atoms. The number of rotatable bonds is 6. The van der Waals surface area contributed by atoms with Crippen LogP contribution in [-0.2, 0) is 11.3 Å². The van der Waals surface area contributed by atoms with Crippen molar-refractivity contribution in [2.24, 2.45) is 0 Å². The van der Waals surface area contributed by atoms with Crippen LogP contribution in [-0.4, -0.2) is 64.0 Å². The van der Waals surface area contributed by atoms with Gasteiger partial charge in [-0.2, -0.15) is 0 Å². The fourth-order valence-electron chi connectivity index (χ4n) is 5.07. The fourth-order valence-corrected chi connectivity index (χ4v) is 5.07. The van der Waals surface area contributed by atoms with Gasteiger partial charge in [0.05, 0.1) is 18.7 Å². The number of ether oxygens (including phenoxy) is 1. The molecule has 0 saturated carbocycles. The highest BCUT2D eigenvalue weighted by Gasteiger charge is 2.32. The standard InChI is InChI=1S/C26H34N6O/c1-19-7-10-22(11-8-19)25(26-27-28-29-32(26)18-23-5-4-16-33-23)31-14-12-30(13-15-31)24-17-20(2)6-9-21(24)3/h6-11,17,23,25H,4-5,12-16,18H2,1-3H3. The second-order valence-electron chi connectivity index (χ2n) is 9.48. The van der Waals surface area contributed by atoms with Crippen LogP contribution in [0, 0.1) is 20.8 Å². The van der Waals surface area contributed by atoms with Crippen molar-refractivity contribution in [2.75, 3.05) is 37.7 Å². The summed E-state index contributed by atoms with van der Waals surface area (Å²) < 4.78 is 7.84. The van der Waals surface area contributed by atoms with Crippen molar-refractivity contribution in [3.05, 3.63) is 70.5 Å². The molecule has 3 aromatic rings. The third kappa shape index (κ3) is 4.80. The first-order valence-electron chi connectivity index (χ1n) is 12.1. The number of piperazine rings is 1. The van der Waals surface area contributed by atoms with E-state index in [2.05, 4.69) is 88.6 Å². The summed E-state index contributed by atoms with van der Waals surface area (Å²) in [4.78, 5) is 5.05. The highest BCUT2D eigenvalue weighted by Crippen LogP contribution is 2.31. The number of anilines is 1. The average Bonchev–Trinajstić information content (AvgIpc) is 3.50. The van der Waals surface area contributed by atoms with Crippen molar-refractivity contribution in [1.29, 1.82) is 0 Å². The van der Waals surface area contributed by atoms with Gasteiger partial charge >= 0.3 is 0 Å². The highest BCUT2D eigenvalue weighted by molar-refractivity contribution is 5.55. The number of nitrogens with zero attached hydrogens (tertiary/aromatic N) is 6. The lowest BCUT2D eigenvalue weighted by Crippen LogP contribution is -2.48. The quantitative estimate of drug-likeness (QED) is 0.576. The van der Waals surface area contributed by atoms with Gasteiger partial charge < -0.3 is 9.64 Å². The molecule has 2 aromatic carbocycles. The molecule has 2 aliphatic rings. The minimum atomic E-state index is 0.0303. The molecule has 0 N–H and O–H groups in total. The van der Waals surface area contributed by atoms with Crippen molar-refractivity contribution in [3.8, 4) is 0 Å². The topological polar surface area (TPSA) is 59.3 Å². The van der Waals surface area contributed by atoms with Gasteiger partial charge in [-0.25, -0.2) is 4.68 Å². The van der Waals surface area contributed by atoms with E-state index in [0.717, 1.165) is 51.5 Å². The van der Waals surface area contributed by atoms with Crippen molar-refractivity contribution in [2.45, 2.75) is 52.3 Å². The van der Waals surface area contributed by atoms with Gasteiger partial charge in [0, 0.05) is 38.5 Å². The van der Waals surface area contributed by atoms with E-state index < -0.39 is 0 Å². The molecule has 33 heavy (non-hydrogen) atoms. The lowest BCUT2D eigenvalue weighted by atomic mass is 10.0. The summed E-state index contributed by atoms with van der Waals surface area (Å²) >= 11 is 0. The first-order chi connectivity index (χ1) is 16.1. The molecular formula is C26H34N6O. The Morgan fingerprint density at radius 2 is 1.73 bits per heavy atom. The van der Waals surface area contributed by atoms with Gasteiger partial charge in [-0.1, -0.05) is 42.0 Å². The maximum Gasteiger partial charge on any atom is 0.173 e. The van der Waals surface area contributed by atoms with E-state index in [0.29, 0.717) is 6.54 Å². The number of aromatic nitrogens is 4. The smallest absolute Gasteiger partial charge is 0.173 e. The fraction of sp³-hybridized carbons (Fsp3) is 0.500. The largest absolute Gasteiger partial charge is 0.376 e. The zero-order valence-electron chi connectivity index (χ0n) is 19.9. The van der Waals surface area contributed by atoms with Crippen LogP contribution >= 0.6 is 0 Å². The Morgan fingerprint density at radius 3 is 2.45 bits per heavy atom. The van der Waals surface area contributed by atoms with Gasteiger partial charge in [-0.05, 0) is 66.8 Å². The van der Waals surface area contributed by atoms with Crippen LogP contribution in [0.5, 0.6) is 0 Å². The van der Waals surface area contributed by atoms with Gasteiger partial charge in [0.15, 0.2) is 5.82 Å². The van der Waals surface area contributed by atoms with Crippen LogP contribution in [0.15, 0.2) is 42.5 Å². The summed E-state index contributed by atoms with van der Waals surface area (Å²) in [5, 5.41) is 13.0. The van der Waals surface area contributed by atoms with Gasteiger partial charge in [0.25, 0.3) is 0 Å². The maximum absolute atomic E-state index is 5.88. The summed E-state index contributed by atoms with van der Waals surface area (Å²) in [6.45, 7) is 11.9. The van der Waals surface area contributed by atoms with Crippen LogP contribution in [0.4, 0.5) is 5.69 Å². The van der Waals surface area contributed by atoms with Crippen LogP contribution in [0.25, 0.3) is 0 Å². The number of hydrogen-bond donors (Lipinski definition) is 0. The first-order valence-corrected chi connectivity index (χ1v) is 12.1. The Hall–Kier alpha value is -2.77. The van der Waals surface area contributed by atoms with Gasteiger partial charge in [-0.3, -0.25) is 4.90 Å². The molecule has 2 aliphatic heterocycles. The molecule has 0 bridgehead atoms. The van der Waals surface area contributed by atoms with Gasteiger partial charge in [-0.15, -0.1) is 5.10 Å². The van der Waals surface area contributed by atoms with E-state index in [1.54, 1.807) is 0 Å². The zero-order valence-corrected chi connectivity index (χ0v) is 19.9. The van der Waals surface area contributed by atoms with Crippen LogP contribution in [0.2, 0.25) is 0 Å². The highest BCUT2D eigenvalue weighted by atomic mass is 16.5. The SMILES string of the molecule is Cc1ccc(C(c2nnnn2CC2CCCO2)N2CCN(c3cc(C)ccc3C)CC2)cc1. The third-order valence-corrected chi connectivity index (χ3v) is 6.98. The lowest BCUT2D eigenvalue weighted by Gasteiger charge is -2.40. The van der Waals surface area contributed by atoms with Crippen LogP contribution in [0.1, 0.15) is 47.0 Å². The maximum atomic E-state index is 5.88. The molecule has 1 aromatic heterocycles. The van der Waals surface area contributed by atoms with E-state index in [4.69, 9.17) is 4.74 Å². The van der Waals surface area contributed by atoms with E-state index in [-0.39, 0.29) is 12.1 Å². The Morgan fingerprint density at radius 1 is 0.970 bits per heavy atom. The summed E-state index contributed by atoms with van der Waals surface area (Å²) in [6, 6.07) is 15.6. The monoisotopic (exact) mass is 446 g/mol. The Balaban J connectivity index is 1.40. The summed E-state index contributed by atoms with van der Waals surface area (Å²) in [5.41, 5.74) is 6.50. The molecule has 174 valence electrons. The number of benzene rings is 2. The van der Waals surface area contributed by atoms with Gasteiger partial charge in [0.1, 0.15) is 0 Å². The number of aryl methyl sites for hydroxylation is 3. The normalized spacial score (nSPS) is 20.3. The molecule has 0 aliphatic carbocycles. The van der Waals surface area contributed by atoms with Crippen molar-refractivity contribution in [1.82, 2.24) is 25.1 Å². The molecule has 0 amide bonds. The predicted octanol–water partition coefficient (Wildman–Crippen LogP) is 3.69. The molecule has 2 saturated heterocycles. The molecule has 0 radical (unpaired) electrons. The van der Waals surface area contributed by atoms with E-state index in [1.165, 1.54) is 27.9 Å². The van der Waals surface area contributed by atoms with E-state index in [9.17, 15) is 0 Å². The van der Waals surface area contributed by atoms with Gasteiger partial charge in [0.2, 0.25) is 0 Å². The van der Waals surface area contributed by atoms with Crippen LogP contribution in [0.3, 0.4) is 0 Å². The second-order valence-corrected chi connectivity index (χ2v) is 9.48. The number of hydrogen-bond acceptors (Lipinski definition) is 6. The minimum Gasteiger partial charge on any atom is -0.376 e. The van der Waals surface area contributed by atoms with Crippen molar-refractivity contribution < 1.29 is 4.74 Å².